The molecule has 0 saturated carbocycles. The van der Waals surface area contributed by atoms with Crippen molar-refractivity contribution in [1.29, 1.82) is 0 Å². The van der Waals surface area contributed by atoms with Crippen LogP contribution in [0.3, 0.4) is 0 Å². The molecular weight excluding hydrogens is 315 g/mol. The Morgan fingerprint density at radius 1 is 1.52 bits per heavy atom. The third kappa shape index (κ3) is 5.45. The van der Waals surface area contributed by atoms with Gasteiger partial charge >= 0.3 is 0 Å². The lowest BCUT2D eigenvalue weighted by molar-refractivity contribution is 0.394. The topological polar surface area (TPSA) is 57.5 Å². The van der Waals surface area contributed by atoms with Crippen molar-refractivity contribution >= 4 is 28.7 Å². The van der Waals surface area contributed by atoms with Gasteiger partial charge in [-0.15, -0.1) is 11.6 Å². The van der Waals surface area contributed by atoms with Crippen molar-refractivity contribution in [3.8, 4) is 5.88 Å². The van der Waals surface area contributed by atoms with Crippen LogP contribution in [0.1, 0.15) is 39.2 Å². The summed E-state index contributed by atoms with van der Waals surface area (Å²) >= 11 is 4.26. The van der Waals surface area contributed by atoms with Crippen molar-refractivity contribution in [2.75, 3.05) is 13.0 Å². The third-order valence-corrected chi connectivity index (χ3v) is 4.29. The Kier molecular flexibility index (Phi) is 6.90. The molecule has 1 unspecified atom stereocenters. The van der Waals surface area contributed by atoms with Crippen molar-refractivity contribution in [2.24, 2.45) is 4.40 Å². The molecule has 1 atom stereocenters. The van der Waals surface area contributed by atoms with Crippen molar-refractivity contribution in [1.82, 2.24) is 4.98 Å². The van der Waals surface area contributed by atoms with Gasteiger partial charge in [0.1, 0.15) is 27.6 Å². The van der Waals surface area contributed by atoms with Gasteiger partial charge in [0.2, 0.25) is 5.88 Å². The fourth-order valence-electron chi connectivity index (χ4n) is 1.50. The number of alkyl halides is 1. The molecule has 0 bridgehead atoms. The fourth-order valence-corrected chi connectivity index (χ4v) is 2.29. The Morgan fingerprint density at radius 2 is 2.19 bits per heavy atom. The first kappa shape index (κ1) is 18.2. The van der Waals surface area contributed by atoms with Crippen LogP contribution in [0.15, 0.2) is 16.7 Å². The number of pyridine rings is 1. The third-order valence-electron chi connectivity index (χ3n) is 2.59. The van der Waals surface area contributed by atoms with E-state index in [1.807, 2.05) is 20.8 Å². The summed E-state index contributed by atoms with van der Waals surface area (Å²) in [7, 11) is 1.45. The van der Waals surface area contributed by atoms with Gasteiger partial charge < -0.3 is 9.29 Å². The highest BCUT2D eigenvalue weighted by Crippen LogP contribution is 2.23. The first-order chi connectivity index (χ1) is 9.79. The summed E-state index contributed by atoms with van der Waals surface area (Å²) in [5, 5.41) is 0. The maximum absolute atomic E-state index is 13.5. The minimum absolute atomic E-state index is 0.260. The Labute approximate surface area is 133 Å². The minimum atomic E-state index is -1.45. The van der Waals surface area contributed by atoms with Gasteiger partial charge in [-0.3, -0.25) is 0 Å². The minimum Gasteiger partial charge on any atom is -0.591 e. The molecule has 4 nitrogen and oxygen atoms in total. The van der Waals surface area contributed by atoms with E-state index in [2.05, 4.69) is 9.38 Å². The molecule has 0 aliphatic carbocycles. The van der Waals surface area contributed by atoms with Crippen LogP contribution in [0, 0.1) is 5.82 Å². The number of halogens is 2. The highest BCUT2D eigenvalue weighted by Gasteiger charge is 2.28. The molecule has 0 N–H and O–H groups in total. The van der Waals surface area contributed by atoms with Gasteiger partial charge in [0.15, 0.2) is 0 Å². The number of hydrogen-bond acceptors (Lipinski definition) is 4. The summed E-state index contributed by atoms with van der Waals surface area (Å²) < 4.78 is 34.6. The van der Waals surface area contributed by atoms with E-state index in [1.165, 1.54) is 13.2 Å². The summed E-state index contributed by atoms with van der Waals surface area (Å²) in [6, 6.07) is 1.29. The molecule has 21 heavy (non-hydrogen) atoms. The summed E-state index contributed by atoms with van der Waals surface area (Å²) in [4.78, 5) is 3.89. The molecule has 0 saturated heterocycles. The van der Waals surface area contributed by atoms with Crippen LogP contribution in [-0.4, -0.2) is 33.0 Å². The SMILES string of the molecule is COc1ncc(F)cc1/C(CCCCl)=N/[S+]([O-])C(C)(C)C. The van der Waals surface area contributed by atoms with Gasteiger partial charge in [-0.25, -0.2) is 9.37 Å². The second-order valence-electron chi connectivity index (χ2n) is 5.40. The first-order valence-electron chi connectivity index (χ1n) is 6.55. The zero-order valence-corrected chi connectivity index (χ0v) is 14.2. The van der Waals surface area contributed by atoms with Crippen LogP contribution in [-0.2, 0) is 11.4 Å². The molecule has 0 amide bonds. The Bertz CT molecular complexity index is 506. The molecule has 118 valence electrons. The Hall–Kier alpha value is -0.850. The van der Waals surface area contributed by atoms with Gasteiger partial charge in [-0.1, -0.05) is 4.40 Å². The van der Waals surface area contributed by atoms with Crippen LogP contribution >= 0.6 is 11.6 Å². The average molecular weight is 335 g/mol. The van der Waals surface area contributed by atoms with E-state index >= 15 is 0 Å². The van der Waals surface area contributed by atoms with E-state index < -0.39 is 21.9 Å². The zero-order valence-electron chi connectivity index (χ0n) is 12.7. The molecule has 0 fully saturated rings. The van der Waals surface area contributed by atoms with Crippen LogP contribution in [0.2, 0.25) is 0 Å². The molecule has 1 aromatic rings. The van der Waals surface area contributed by atoms with E-state index in [4.69, 9.17) is 16.3 Å². The molecule has 0 aliphatic rings. The normalized spacial score (nSPS) is 14.1. The van der Waals surface area contributed by atoms with Gasteiger partial charge in [0.25, 0.3) is 0 Å². The summed E-state index contributed by atoms with van der Waals surface area (Å²) in [5.41, 5.74) is 0.910. The molecule has 0 aromatic carbocycles. The molecule has 1 heterocycles. The highest BCUT2D eigenvalue weighted by molar-refractivity contribution is 7.91. The fraction of sp³-hybridized carbons (Fsp3) is 0.571. The first-order valence-corrected chi connectivity index (χ1v) is 8.19. The number of aromatic nitrogens is 1. The molecule has 7 heteroatoms. The van der Waals surface area contributed by atoms with Crippen LogP contribution < -0.4 is 4.74 Å². The standard InChI is InChI=1S/C14H20ClFN2O2S/c1-14(2,3)21(19)18-12(6-5-7-15)11-8-10(16)9-17-13(11)20-4/h8-9H,5-7H2,1-4H3/b18-12+. The predicted molar refractivity (Wildman–Crippen MR) is 85.1 cm³/mol. The number of ether oxygens (including phenoxy) is 1. The Morgan fingerprint density at radius 3 is 2.71 bits per heavy atom. The smallest absolute Gasteiger partial charge is 0.222 e. The lowest BCUT2D eigenvalue weighted by Gasteiger charge is -2.19. The maximum Gasteiger partial charge on any atom is 0.222 e. The quantitative estimate of drug-likeness (QED) is 0.454. The van der Waals surface area contributed by atoms with Crippen molar-refractivity contribution in [3.05, 3.63) is 23.6 Å². The van der Waals surface area contributed by atoms with E-state index in [0.29, 0.717) is 30.0 Å². The number of methoxy groups -OCH3 is 1. The molecule has 1 aromatic heterocycles. The van der Waals surface area contributed by atoms with Crippen molar-refractivity contribution in [3.63, 3.8) is 0 Å². The lowest BCUT2D eigenvalue weighted by Crippen LogP contribution is -2.27. The van der Waals surface area contributed by atoms with Crippen molar-refractivity contribution < 1.29 is 13.7 Å². The van der Waals surface area contributed by atoms with Crippen LogP contribution in [0.5, 0.6) is 5.88 Å². The van der Waals surface area contributed by atoms with Crippen LogP contribution in [0.25, 0.3) is 0 Å². The predicted octanol–water partition coefficient (Wildman–Crippen LogP) is 3.50. The molecule has 0 spiro atoms. The number of nitrogens with zero attached hydrogens (tertiary/aromatic N) is 2. The van der Waals surface area contributed by atoms with Gasteiger partial charge in [0, 0.05) is 5.88 Å². The average Bonchev–Trinajstić information content (AvgIpc) is 2.42. The van der Waals surface area contributed by atoms with E-state index in [9.17, 15) is 8.94 Å². The zero-order chi connectivity index (χ0) is 16.0. The Balaban J connectivity index is 3.25. The van der Waals surface area contributed by atoms with E-state index in [0.717, 1.165) is 6.20 Å². The van der Waals surface area contributed by atoms with Gasteiger partial charge in [-0.2, -0.15) is 0 Å². The summed E-state index contributed by atoms with van der Waals surface area (Å²) in [6.45, 7) is 5.48. The molecular formula is C14H20ClFN2O2S. The molecule has 0 aliphatic heterocycles. The van der Waals surface area contributed by atoms with Crippen LogP contribution in [0.4, 0.5) is 4.39 Å². The second kappa shape index (κ2) is 7.96. The largest absolute Gasteiger partial charge is 0.591 e. The number of hydrogen-bond donors (Lipinski definition) is 0. The maximum atomic E-state index is 13.5. The molecule has 0 radical (unpaired) electrons. The summed E-state index contributed by atoms with van der Waals surface area (Å²) in [5.74, 6) is 0.202. The molecule has 1 rings (SSSR count). The number of rotatable bonds is 6. The van der Waals surface area contributed by atoms with E-state index in [-0.39, 0.29) is 5.88 Å². The van der Waals surface area contributed by atoms with Gasteiger partial charge in [-0.05, 0) is 39.7 Å². The second-order valence-corrected chi connectivity index (χ2v) is 7.69. The summed E-state index contributed by atoms with van der Waals surface area (Å²) in [6.07, 6.45) is 2.19. The highest BCUT2D eigenvalue weighted by atomic mass is 35.5. The lowest BCUT2D eigenvalue weighted by atomic mass is 10.1. The monoisotopic (exact) mass is 334 g/mol. The van der Waals surface area contributed by atoms with Gasteiger partial charge in [0.05, 0.1) is 18.9 Å². The van der Waals surface area contributed by atoms with E-state index in [1.54, 1.807) is 0 Å². The van der Waals surface area contributed by atoms with Crippen molar-refractivity contribution in [2.45, 2.75) is 38.4 Å².